The molecule has 14 heteroatoms. The van der Waals surface area contributed by atoms with Gasteiger partial charge in [0.15, 0.2) is 0 Å². The van der Waals surface area contributed by atoms with E-state index < -0.39 is 57.2 Å². The highest BCUT2D eigenvalue weighted by Crippen LogP contribution is 2.46. The average Bonchev–Trinajstić information content (AvgIpc) is 3.23. The van der Waals surface area contributed by atoms with Gasteiger partial charge in [-0.15, -0.1) is 0 Å². The van der Waals surface area contributed by atoms with Crippen molar-refractivity contribution in [2.75, 3.05) is 13.1 Å². The van der Waals surface area contributed by atoms with E-state index in [4.69, 9.17) is 10.5 Å². The fourth-order valence-electron chi connectivity index (χ4n) is 6.31. The van der Waals surface area contributed by atoms with Gasteiger partial charge < -0.3 is 20.7 Å². The lowest BCUT2D eigenvalue weighted by Crippen LogP contribution is -2.67. The third-order valence-electron chi connectivity index (χ3n) is 8.79. The van der Waals surface area contributed by atoms with Crippen molar-refractivity contribution in [2.45, 2.75) is 95.1 Å². The Kier molecular flexibility index (Phi) is 11.1. The number of ether oxygens (including phenoxy) is 1. The SMILES string of the molecule is CCN(CC1=C(c2ccccc2)S(=O)(=O)NC12CCCCC2)C(=O)[C@@](CCCc1ccccc1)(NC(=O)C(C)(C)N)OC(=O)C(F)(F)F. The summed E-state index contributed by atoms with van der Waals surface area (Å²) in [6.45, 7) is 3.72. The number of nitrogens with one attached hydrogen (secondary N) is 2. The van der Waals surface area contributed by atoms with Crippen LogP contribution >= 0.6 is 0 Å². The minimum atomic E-state index is -5.50. The summed E-state index contributed by atoms with van der Waals surface area (Å²) in [6, 6.07) is 17.3. The molecule has 2 aromatic rings. The molecular formula is C34H43F3N4O6S. The first kappa shape index (κ1) is 37.1. The monoisotopic (exact) mass is 692 g/mol. The molecule has 1 heterocycles. The summed E-state index contributed by atoms with van der Waals surface area (Å²) in [5, 5.41) is 2.28. The number of halogens is 3. The molecule has 48 heavy (non-hydrogen) atoms. The molecule has 1 aliphatic carbocycles. The van der Waals surface area contributed by atoms with Crippen molar-refractivity contribution >= 4 is 32.7 Å². The molecule has 262 valence electrons. The maximum atomic E-state index is 14.7. The van der Waals surface area contributed by atoms with Crippen molar-refractivity contribution in [3.05, 3.63) is 77.4 Å². The van der Waals surface area contributed by atoms with Crippen molar-refractivity contribution in [2.24, 2.45) is 5.73 Å². The molecule has 0 radical (unpaired) electrons. The number of hydrogen-bond donors (Lipinski definition) is 3. The van der Waals surface area contributed by atoms with Gasteiger partial charge in [-0.25, -0.2) is 17.9 Å². The van der Waals surface area contributed by atoms with Gasteiger partial charge in [-0.3, -0.25) is 9.59 Å². The van der Waals surface area contributed by atoms with E-state index in [9.17, 15) is 36.0 Å². The van der Waals surface area contributed by atoms with Gasteiger partial charge >= 0.3 is 12.1 Å². The Hall–Kier alpha value is -3.75. The van der Waals surface area contributed by atoms with Gasteiger partial charge in [0.25, 0.3) is 11.6 Å². The topological polar surface area (TPSA) is 148 Å². The molecular weight excluding hydrogens is 649 g/mol. The molecule has 1 saturated carbocycles. The van der Waals surface area contributed by atoms with Crippen LogP contribution in [0.2, 0.25) is 0 Å². The summed E-state index contributed by atoms with van der Waals surface area (Å²) in [6.07, 6.45) is -2.50. The summed E-state index contributed by atoms with van der Waals surface area (Å²) in [5.41, 5.74) is 2.04. The van der Waals surface area contributed by atoms with Crippen LogP contribution in [-0.2, 0) is 35.6 Å². The third kappa shape index (κ3) is 8.27. The van der Waals surface area contributed by atoms with Crippen LogP contribution < -0.4 is 15.8 Å². The van der Waals surface area contributed by atoms with Crippen molar-refractivity contribution in [1.82, 2.24) is 14.9 Å². The molecule has 4 N–H and O–H groups in total. The van der Waals surface area contributed by atoms with Gasteiger partial charge in [0.05, 0.1) is 16.0 Å². The Bertz CT molecular complexity index is 1590. The summed E-state index contributed by atoms with van der Waals surface area (Å²) in [7, 11) is -4.06. The Morgan fingerprint density at radius 2 is 1.56 bits per heavy atom. The number of nitrogens with two attached hydrogens (primary N) is 1. The predicted octanol–water partition coefficient (Wildman–Crippen LogP) is 4.56. The largest absolute Gasteiger partial charge is 0.491 e. The van der Waals surface area contributed by atoms with Crippen molar-refractivity contribution in [1.29, 1.82) is 0 Å². The Balaban J connectivity index is 1.84. The van der Waals surface area contributed by atoms with Gasteiger partial charge in [0, 0.05) is 19.5 Å². The van der Waals surface area contributed by atoms with Gasteiger partial charge in [-0.2, -0.15) is 13.2 Å². The number of sulfonamides is 1. The van der Waals surface area contributed by atoms with Crippen LogP contribution in [0.15, 0.2) is 66.2 Å². The number of likely N-dealkylation sites (N-methyl/N-ethyl adjacent to an activating group) is 1. The van der Waals surface area contributed by atoms with Crippen molar-refractivity contribution in [3.8, 4) is 0 Å². The van der Waals surface area contributed by atoms with Crippen LogP contribution in [0.3, 0.4) is 0 Å². The number of carbonyl (C=O) groups is 3. The normalized spacial score (nSPS) is 18.6. The molecule has 1 atom stereocenters. The molecule has 0 unspecified atom stereocenters. The Morgan fingerprint density at radius 1 is 0.979 bits per heavy atom. The summed E-state index contributed by atoms with van der Waals surface area (Å²) in [4.78, 5) is 41.5. The molecule has 2 aliphatic rings. The summed E-state index contributed by atoms with van der Waals surface area (Å²) >= 11 is 0. The van der Waals surface area contributed by atoms with Gasteiger partial charge in [-0.05, 0) is 63.2 Å². The van der Waals surface area contributed by atoms with Gasteiger partial charge in [0.1, 0.15) is 0 Å². The minimum absolute atomic E-state index is 0.00894. The van der Waals surface area contributed by atoms with E-state index in [1.807, 2.05) is 0 Å². The number of aryl methyl sites for hydroxylation is 1. The first-order valence-electron chi connectivity index (χ1n) is 16.0. The van der Waals surface area contributed by atoms with E-state index in [0.717, 1.165) is 16.9 Å². The number of esters is 1. The second-order valence-electron chi connectivity index (χ2n) is 13.0. The van der Waals surface area contributed by atoms with Crippen LogP contribution in [0.1, 0.15) is 76.8 Å². The standard InChI is InChI=1S/C34H43F3N4O6S/c1-4-41(23-26-27(25-18-10-6-11-19-25)48(45,46)40-32(26)20-12-7-13-21-32)29(43)33(39-28(42)31(2,3)38,47-30(44)34(35,36)37)22-14-17-24-15-8-5-9-16-24/h5-6,8-11,15-16,18-19,40H,4,7,12-14,17,20-23,38H2,1-3H3,(H,39,42)/t33-/m0/s1. The molecule has 0 aromatic heterocycles. The molecule has 1 spiro atoms. The Morgan fingerprint density at radius 3 is 2.10 bits per heavy atom. The average molecular weight is 693 g/mol. The Labute approximate surface area is 279 Å². The quantitative estimate of drug-likeness (QED) is 0.218. The van der Waals surface area contributed by atoms with E-state index in [1.165, 1.54) is 13.8 Å². The first-order valence-corrected chi connectivity index (χ1v) is 17.5. The maximum Gasteiger partial charge on any atom is 0.491 e. The molecule has 10 nitrogen and oxygen atoms in total. The number of benzene rings is 2. The number of nitrogens with zero attached hydrogens (tertiary/aromatic N) is 1. The van der Waals surface area contributed by atoms with Crippen LogP contribution in [0.5, 0.6) is 0 Å². The second-order valence-corrected chi connectivity index (χ2v) is 14.6. The van der Waals surface area contributed by atoms with Crippen LogP contribution in [0.4, 0.5) is 13.2 Å². The summed E-state index contributed by atoms with van der Waals surface area (Å²) < 4.78 is 76.6. The summed E-state index contributed by atoms with van der Waals surface area (Å²) in [5.74, 6) is -4.83. The lowest BCUT2D eigenvalue weighted by atomic mass is 9.76. The van der Waals surface area contributed by atoms with Gasteiger partial charge in [0.2, 0.25) is 15.9 Å². The zero-order chi connectivity index (χ0) is 35.4. The van der Waals surface area contributed by atoms with E-state index in [0.29, 0.717) is 36.8 Å². The van der Waals surface area contributed by atoms with E-state index in [1.54, 1.807) is 67.6 Å². The molecule has 1 fully saturated rings. The molecule has 2 amide bonds. The molecule has 0 bridgehead atoms. The lowest BCUT2D eigenvalue weighted by molar-refractivity contribution is -0.220. The number of amides is 2. The zero-order valence-electron chi connectivity index (χ0n) is 27.4. The number of carbonyl (C=O) groups excluding carboxylic acids is 3. The number of hydrogen-bond acceptors (Lipinski definition) is 7. The van der Waals surface area contributed by atoms with E-state index in [2.05, 4.69) is 10.0 Å². The van der Waals surface area contributed by atoms with Crippen molar-refractivity contribution in [3.63, 3.8) is 0 Å². The third-order valence-corrected chi connectivity index (χ3v) is 10.5. The zero-order valence-corrected chi connectivity index (χ0v) is 28.2. The van der Waals surface area contributed by atoms with E-state index >= 15 is 0 Å². The molecule has 0 saturated heterocycles. The van der Waals surface area contributed by atoms with Gasteiger partial charge in [-0.1, -0.05) is 79.9 Å². The van der Waals surface area contributed by atoms with Crippen molar-refractivity contribution < 1.29 is 40.7 Å². The first-order chi connectivity index (χ1) is 22.4. The smallest absolute Gasteiger partial charge is 0.423 e. The van der Waals surface area contributed by atoms with E-state index in [-0.39, 0.29) is 30.8 Å². The van der Waals surface area contributed by atoms with Crippen LogP contribution in [0.25, 0.3) is 4.91 Å². The maximum absolute atomic E-state index is 14.7. The highest BCUT2D eigenvalue weighted by atomic mass is 32.2. The highest BCUT2D eigenvalue weighted by molar-refractivity contribution is 7.99. The number of rotatable bonds is 12. The highest BCUT2D eigenvalue weighted by Gasteiger charge is 2.55. The fraction of sp³-hybridized carbons (Fsp3) is 0.500. The van der Waals surface area contributed by atoms with Crippen LogP contribution in [0, 0.1) is 0 Å². The molecule has 2 aromatic carbocycles. The predicted molar refractivity (Wildman–Crippen MR) is 174 cm³/mol. The molecule has 4 rings (SSSR count). The fourth-order valence-corrected chi connectivity index (χ4v) is 8.29. The lowest BCUT2D eigenvalue weighted by Gasteiger charge is -2.41. The molecule has 1 aliphatic heterocycles. The number of alkyl halides is 3. The second kappa shape index (κ2) is 14.4. The minimum Gasteiger partial charge on any atom is -0.423 e. The van der Waals surface area contributed by atoms with Crippen LogP contribution in [-0.4, -0.2) is 67.2 Å².